The molecular formula is C15H19BrO5. The van der Waals surface area contributed by atoms with Crippen LogP contribution in [-0.2, 0) is 24.5 Å². The van der Waals surface area contributed by atoms with Crippen molar-refractivity contribution in [1.29, 1.82) is 0 Å². The summed E-state index contributed by atoms with van der Waals surface area (Å²) in [5, 5.41) is 9.71. The molecule has 116 valence electrons. The largest absolute Gasteiger partial charge is 0.480 e. The van der Waals surface area contributed by atoms with Crippen molar-refractivity contribution >= 4 is 27.9 Å². The van der Waals surface area contributed by atoms with Gasteiger partial charge in [-0.05, 0) is 37.5 Å². The zero-order valence-electron chi connectivity index (χ0n) is 12.1. The van der Waals surface area contributed by atoms with Crippen LogP contribution < -0.4 is 0 Å². The van der Waals surface area contributed by atoms with Crippen LogP contribution in [0.2, 0.25) is 0 Å². The first-order chi connectivity index (χ1) is 9.98. The third kappa shape index (κ3) is 4.04. The molecule has 0 radical (unpaired) electrons. The number of halogens is 1. The quantitative estimate of drug-likeness (QED) is 0.439. The van der Waals surface area contributed by atoms with Gasteiger partial charge in [0.2, 0.25) is 0 Å². The molecule has 0 bridgehead atoms. The molecule has 5 nitrogen and oxygen atoms in total. The minimum atomic E-state index is -1.71. The minimum absolute atomic E-state index is 0.117. The number of hydrogen-bond acceptors (Lipinski definition) is 4. The second-order valence-electron chi connectivity index (χ2n) is 4.54. The number of aliphatic carboxylic acids is 1. The third-order valence-corrected chi connectivity index (χ3v) is 3.70. The number of hydrogen-bond donors (Lipinski definition) is 1. The van der Waals surface area contributed by atoms with Crippen molar-refractivity contribution in [1.82, 2.24) is 0 Å². The number of rotatable bonds is 8. The fourth-order valence-electron chi connectivity index (χ4n) is 2.17. The maximum atomic E-state index is 12.4. The minimum Gasteiger partial charge on any atom is -0.480 e. The van der Waals surface area contributed by atoms with Gasteiger partial charge in [-0.3, -0.25) is 9.59 Å². The molecule has 1 unspecified atom stereocenters. The van der Waals surface area contributed by atoms with Crippen LogP contribution in [0, 0.1) is 0 Å². The summed E-state index contributed by atoms with van der Waals surface area (Å²) < 4.78 is 10.7. The number of esters is 1. The molecule has 0 aliphatic carbocycles. The maximum absolute atomic E-state index is 12.4. The SMILES string of the molecule is CCOC(=O)C(CCCOC)(C(=O)O)c1cccc(Br)c1. The molecule has 0 heterocycles. The van der Waals surface area contributed by atoms with Gasteiger partial charge in [0.1, 0.15) is 0 Å². The van der Waals surface area contributed by atoms with Crippen LogP contribution in [0.4, 0.5) is 0 Å². The van der Waals surface area contributed by atoms with E-state index in [1.165, 1.54) is 7.11 Å². The van der Waals surface area contributed by atoms with Crippen LogP contribution in [0.15, 0.2) is 28.7 Å². The molecule has 0 saturated carbocycles. The number of benzene rings is 1. The van der Waals surface area contributed by atoms with Crippen LogP contribution in [0.1, 0.15) is 25.3 Å². The van der Waals surface area contributed by atoms with E-state index < -0.39 is 17.4 Å². The molecule has 0 amide bonds. The molecule has 0 aliphatic rings. The predicted octanol–water partition coefficient (Wildman–Crippen LogP) is 2.76. The lowest BCUT2D eigenvalue weighted by Crippen LogP contribution is -2.45. The molecule has 21 heavy (non-hydrogen) atoms. The van der Waals surface area contributed by atoms with E-state index in [4.69, 9.17) is 9.47 Å². The van der Waals surface area contributed by atoms with E-state index in [0.29, 0.717) is 23.1 Å². The van der Waals surface area contributed by atoms with E-state index in [1.54, 1.807) is 31.2 Å². The van der Waals surface area contributed by atoms with E-state index in [9.17, 15) is 14.7 Å². The second kappa shape index (κ2) is 8.14. The Hall–Kier alpha value is -1.40. The highest BCUT2D eigenvalue weighted by Gasteiger charge is 2.49. The lowest BCUT2D eigenvalue weighted by atomic mass is 9.76. The van der Waals surface area contributed by atoms with E-state index in [-0.39, 0.29) is 13.0 Å². The van der Waals surface area contributed by atoms with E-state index in [2.05, 4.69) is 15.9 Å². The smallest absolute Gasteiger partial charge is 0.328 e. The highest BCUT2D eigenvalue weighted by Crippen LogP contribution is 2.33. The lowest BCUT2D eigenvalue weighted by Gasteiger charge is -2.27. The lowest BCUT2D eigenvalue weighted by molar-refractivity contribution is -0.162. The zero-order valence-corrected chi connectivity index (χ0v) is 13.7. The number of carbonyl (C=O) groups is 2. The molecule has 0 aliphatic heterocycles. The van der Waals surface area contributed by atoms with Crippen LogP contribution in [0.25, 0.3) is 0 Å². The zero-order chi connectivity index (χ0) is 15.9. The van der Waals surface area contributed by atoms with Crippen molar-refractivity contribution in [2.75, 3.05) is 20.3 Å². The first-order valence-corrected chi connectivity index (χ1v) is 7.44. The van der Waals surface area contributed by atoms with Gasteiger partial charge in [-0.2, -0.15) is 0 Å². The van der Waals surface area contributed by atoms with Crippen molar-refractivity contribution in [3.05, 3.63) is 34.3 Å². The summed E-state index contributed by atoms with van der Waals surface area (Å²) in [6.07, 6.45) is 0.555. The summed E-state index contributed by atoms with van der Waals surface area (Å²) in [5.41, 5.74) is -1.31. The second-order valence-corrected chi connectivity index (χ2v) is 5.45. The number of carboxylic acid groups (broad SMARTS) is 1. The van der Waals surface area contributed by atoms with E-state index >= 15 is 0 Å². The first-order valence-electron chi connectivity index (χ1n) is 6.64. The van der Waals surface area contributed by atoms with Gasteiger partial charge in [0.15, 0.2) is 5.41 Å². The summed E-state index contributed by atoms with van der Waals surface area (Å²) in [6.45, 7) is 2.16. The molecule has 0 spiro atoms. The van der Waals surface area contributed by atoms with Gasteiger partial charge in [0.25, 0.3) is 0 Å². The highest BCUT2D eigenvalue weighted by molar-refractivity contribution is 9.10. The summed E-state index contributed by atoms with van der Waals surface area (Å²) >= 11 is 3.30. The van der Waals surface area contributed by atoms with Crippen LogP contribution in [-0.4, -0.2) is 37.4 Å². The normalized spacial score (nSPS) is 13.5. The Bertz CT molecular complexity index is 503. The van der Waals surface area contributed by atoms with Gasteiger partial charge in [-0.25, -0.2) is 0 Å². The Labute approximate surface area is 132 Å². The summed E-state index contributed by atoms with van der Waals surface area (Å²) in [7, 11) is 1.53. The van der Waals surface area contributed by atoms with E-state index in [0.717, 1.165) is 0 Å². The van der Waals surface area contributed by atoms with Gasteiger partial charge >= 0.3 is 11.9 Å². The average molecular weight is 359 g/mol. The van der Waals surface area contributed by atoms with Crippen molar-refractivity contribution in [3.63, 3.8) is 0 Å². The molecule has 1 N–H and O–H groups in total. The van der Waals surface area contributed by atoms with Gasteiger partial charge in [-0.15, -0.1) is 0 Å². The molecule has 1 atom stereocenters. The van der Waals surface area contributed by atoms with Crippen molar-refractivity contribution in [3.8, 4) is 0 Å². The number of methoxy groups -OCH3 is 1. The average Bonchev–Trinajstić information content (AvgIpc) is 2.43. The molecule has 0 aromatic heterocycles. The predicted molar refractivity (Wildman–Crippen MR) is 81.2 cm³/mol. The van der Waals surface area contributed by atoms with Crippen LogP contribution in [0.5, 0.6) is 0 Å². The molecule has 0 saturated heterocycles. The Kier molecular flexibility index (Phi) is 6.84. The molecule has 1 rings (SSSR count). The summed E-state index contributed by atoms with van der Waals surface area (Å²) in [5.74, 6) is -1.96. The Balaban J connectivity index is 3.29. The fraction of sp³-hybridized carbons (Fsp3) is 0.467. The summed E-state index contributed by atoms with van der Waals surface area (Å²) in [4.78, 5) is 24.2. The molecule has 0 fully saturated rings. The maximum Gasteiger partial charge on any atom is 0.328 e. The molecule has 1 aromatic rings. The topological polar surface area (TPSA) is 72.8 Å². The number of carbonyl (C=O) groups excluding carboxylic acids is 1. The number of ether oxygens (including phenoxy) is 2. The number of carboxylic acids is 1. The van der Waals surface area contributed by atoms with Gasteiger partial charge < -0.3 is 14.6 Å². The van der Waals surface area contributed by atoms with Crippen molar-refractivity contribution in [2.45, 2.75) is 25.2 Å². The molecule has 1 aromatic carbocycles. The van der Waals surface area contributed by atoms with Crippen LogP contribution in [0.3, 0.4) is 0 Å². The third-order valence-electron chi connectivity index (χ3n) is 3.21. The van der Waals surface area contributed by atoms with Gasteiger partial charge in [0.05, 0.1) is 6.61 Å². The first kappa shape index (κ1) is 17.7. The van der Waals surface area contributed by atoms with Gasteiger partial charge in [0, 0.05) is 18.2 Å². The van der Waals surface area contributed by atoms with E-state index in [1.807, 2.05) is 0 Å². The standard InChI is InChI=1S/C15H19BrO5/c1-3-21-14(19)15(13(17)18,8-5-9-20-2)11-6-4-7-12(16)10-11/h4,6-7,10H,3,5,8-9H2,1-2H3,(H,17,18). The molecular weight excluding hydrogens is 340 g/mol. The molecule has 6 heteroatoms. The Morgan fingerprint density at radius 2 is 2.10 bits per heavy atom. The Morgan fingerprint density at radius 3 is 2.62 bits per heavy atom. The van der Waals surface area contributed by atoms with Gasteiger partial charge in [-0.1, -0.05) is 28.1 Å². The van der Waals surface area contributed by atoms with Crippen molar-refractivity contribution < 1.29 is 24.2 Å². The Morgan fingerprint density at radius 1 is 1.38 bits per heavy atom. The summed E-state index contributed by atoms with van der Waals surface area (Å²) in [6, 6.07) is 6.74. The van der Waals surface area contributed by atoms with Crippen molar-refractivity contribution in [2.24, 2.45) is 0 Å². The van der Waals surface area contributed by atoms with Crippen LogP contribution >= 0.6 is 15.9 Å². The monoisotopic (exact) mass is 358 g/mol. The fourth-order valence-corrected chi connectivity index (χ4v) is 2.57. The highest BCUT2D eigenvalue weighted by atomic mass is 79.9.